The number of pyridine rings is 1. The molecule has 0 saturated heterocycles. The Hall–Kier alpha value is -4.42. The quantitative estimate of drug-likeness (QED) is 0.175. The third-order valence-electron chi connectivity index (χ3n) is 8.50. The van der Waals surface area contributed by atoms with Crippen molar-refractivity contribution < 1.29 is 19.1 Å². The summed E-state index contributed by atoms with van der Waals surface area (Å²) in [5.41, 5.74) is 2.75. The predicted octanol–water partition coefficient (Wildman–Crippen LogP) is 6.04. The molecule has 0 radical (unpaired) electrons. The van der Waals surface area contributed by atoms with Crippen LogP contribution in [0.1, 0.15) is 106 Å². The highest BCUT2D eigenvalue weighted by Gasteiger charge is 2.31. The van der Waals surface area contributed by atoms with Crippen LogP contribution in [0, 0.1) is 0 Å². The van der Waals surface area contributed by atoms with E-state index in [1.165, 1.54) is 0 Å². The van der Waals surface area contributed by atoms with Gasteiger partial charge in [-0.25, -0.2) is 14.8 Å². The molecule has 5 rings (SSSR count). The first-order chi connectivity index (χ1) is 22.7. The number of hydrogen-bond donors (Lipinski definition) is 2. The van der Waals surface area contributed by atoms with Crippen LogP contribution in [-0.2, 0) is 15.6 Å². The van der Waals surface area contributed by atoms with Crippen LogP contribution >= 0.6 is 0 Å². The maximum Gasteiger partial charge on any atom is 0.320 e. The number of Topliss-reactive ketones (excluding diaryl/α,β-unsaturated/α-hetero) is 1. The van der Waals surface area contributed by atoms with E-state index in [1.54, 1.807) is 13.2 Å². The summed E-state index contributed by atoms with van der Waals surface area (Å²) in [6.07, 6.45) is 4.12. The molecule has 0 aliphatic heterocycles. The van der Waals surface area contributed by atoms with Crippen molar-refractivity contribution in [1.29, 1.82) is 0 Å². The number of amides is 2. The third-order valence-corrected chi connectivity index (χ3v) is 8.50. The van der Waals surface area contributed by atoms with E-state index in [0.717, 1.165) is 29.1 Å². The maximum atomic E-state index is 13.4. The molecule has 0 saturated carbocycles. The molecule has 256 valence electrons. The number of anilines is 1. The smallest absolute Gasteiger partial charge is 0.320 e. The number of carbonyl (C=O) groups is 2. The van der Waals surface area contributed by atoms with Crippen LogP contribution in [0.5, 0.6) is 5.75 Å². The van der Waals surface area contributed by atoms with E-state index in [4.69, 9.17) is 9.47 Å². The average molecular weight is 657 g/mol. The van der Waals surface area contributed by atoms with Crippen molar-refractivity contribution >= 4 is 23.3 Å². The van der Waals surface area contributed by atoms with Crippen LogP contribution in [0.4, 0.5) is 10.6 Å². The summed E-state index contributed by atoms with van der Waals surface area (Å²) in [6, 6.07) is 12.9. The Morgan fingerprint density at radius 1 is 1.00 bits per heavy atom. The zero-order valence-corrected chi connectivity index (χ0v) is 29.3. The van der Waals surface area contributed by atoms with E-state index in [0.29, 0.717) is 49.6 Å². The highest BCUT2D eigenvalue weighted by molar-refractivity contribution is 5.94. The molecule has 48 heavy (non-hydrogen) atoms. The van der Waals surface area contributed by atoms with Crippen LogP contribution in [0.15, 0.2) is 48.7 Å². The van der Waals surface area contributed by atoms with Gasteiger partial charge in [0.05, 0.1) is 24.5 Å². The van der Waals surface area contributed by atoms with E-state index in [2.05, 4.69) is 44.6 Å². The molecule has 0 fully saturated rings. The lowest BCUT2D eigenvalue weighted by atomic mass is 9.85. The standard InChI is InChI=1S/C36H48N8O4/c1-35(2,3)29-20-30(39-32(38-29)27(45)14-11-19-43(6)7)40-34(46)37-26-16-17-28(25-13-10-9-12-24(25)26)48-23-15-18-31-41-42-33(44(31)21-23)36(4,5)22-47-8/h9-10,12-13,15,18,20-21,26,28H,11,14,16-17,19,22H2,1-8H3,(H2,37,38,39,40,46)/t26-,28+/m0/s1. The van der Waals surface area contributed by atoms with Crippen molar-refractivity contribution in [2.24, 2.45) is 0 Å². The molecule has 12 heteroatoms. The second-order valence-corrected chi connectivity index (χ2v) is 14.4. The van der Waals surface area contributed by atoms with Crippen LogP contribution < -0.4 is 15.4 Å². The molecule has 2 N–H and O–H groups in total. The Morgan fingerprint density at radius 3 is 2.46 bits per heavy atom. The minimum Gasteiger partial charge on any atom is -0.484 e. The first-order valence-electron chi connectivity index (χ1n) is 16.5. The van der Waals surface area contributed by atoms with Gasteiger partial charge in [0, 0.05) is 30.4 Å². The van der Waals surface area contributed by atoms with E-state index < -0.39 is 6.03 Å². The second kappa shape index (κ2) is 14.4. The molecular formula is C36H48N8O4. The highest BCUT2D eigenvalue weighted by atomic mass is 16.5. The summed E-state index contributed by atoms with van der Waals surface area (Å²) < 4.78 is 14.0. The first-order valence-corrected chi connectivity index (χ1v) is 16.5. The van der Waals surface area contributed by atoms with Crippen molar-refractivity contribution in [3.05, 3.63) is 77.1 Å². The molecular weight excluding hydrogens is 608 g/mol. The Kier molecular flexibility index (Phi) is 10.4. The minimum atomic E-state index is -0.400. The number of nitrogens with one attached hydrogen (secondary N) is 2. The Labute approximate surface area is 282 Å². The molecule has 1 aliphatic carbocycles. The summed E-state index contributed by atoms with van der Waals surface area (Å²) in [4.78, 5) is 37.4. The van der Waals surface area contributed by atoms with E-state index >= 15 is 0 Å². The van der Waals surface area contributed by atoms with Gasteiger partial charge in [0.1, 0.15) is 23.5 Å². The Balaban J connectivity index is 1.31. The van der Waals surface area contributed by atoms with E-state index in [1.807, 2.05) is 86.8 Å². The van der Waals surface area contributed by atoms with Gasteiger partial charge in [-0.1, -0.05) is 58.9 Å². The van der Waals surface area contributed by atoms with Gasteiger partial charge in [0.25, 0.3) is 0 Å². The lowest BCUT2D eigenvalue weighted by Crippen LogP contribution is -2.36. The Bertz CT molecular complexity index is 1760. The lowest BCUT2D eigenvalue weighted by molar-refractivity contribution is 0.0966. The minimum absolute atomic E-state index is 0.124. The zero-order chi connectivity index (χ0) is 34.6. The topological polar surface area (TPSA) is 136 Å². The number of fused-ring (bicyclic) bond motifs is 2. The number of urea groups is 1. The molecule has 4 aromatic rings. The van der Waals surface area contributed by atoms with Gasteiger partial charge >= 0.3 is 6.03 Å². The van der Waals surface area contributed by atoms with Crippen molar-refractivity contribution in [3.8, 4) is 5.75 Å². The normalized spacial score (nSPS) is 16.5. The summed E-state index contributed by atoms with van der Waals surface area (Å²) in [5, 5.41) is 14.8. The number of methoxy groups -OCH3 is 1. The molecule has 12 nitrogen and oxygen atoms in total. The highest BCUT2D eigenvalue weighted by Crippen LogP contribution is 2.39. The number of aromatic nitrogens is 5. The molecule has 3 heterocycles. The van der Waals surface area contributed by atoms with Gasteiger partial charge in [0.15, 0.2) is 17.3 Å². The number of rotatable bonds is 12. The van der Waals surface area contributed by atoms with Gasteiger partial charge in [-0.05, 0) is 63.2 Å². The molecule has 0 bridgehead atoms. The van der Waals surface area contributed by atoms with Gasteiger partial charge in [0.2, 0.25) is 0 Å². The molecule has 1 aliphatic rings. The molecule has 0 unspecified atom stereocenters. The van der Waals surface area contributed by atoms with Crippen molar-refractivity contribution in [1.82, 2.24) is 34.8 Å². The maximum absolute atomic E-state index is 13.4. The van der Waals surface area contributed by atoms with Gasteiger partial charge in [-0.3, -0.25) is 14.5 Å². The fourth-order valence-electron chi connectivity index (χ4n) is 6.01. The van der Waals surface area contributed by atoms with Crippen LogP contribution in [0.25, 0.3) is 5.65 Å². The number of ketones is 1. The SMILES string of the molecule is COCC(C)(C)c1nnc2ccc(O[C@@H]3CC[C@H](NC(=O)Nc4cc(C(C)(C)C)nc(C(=O)CCCN(C)C)n4)c4ccccc43)cn12. The van der Waals surface area contributed by atoms with E-state index in [-0.39, 0.29) is 34.6 Å². The number of carbonyl (C=O) groups excluding carboxylic acids is 2. The van der Waals surface area contributed by atoms with Crippen molar-refractivity contribution in [2.75, 3.05) is 39.7 Å². The number of hydrogen-bond acceptors (Lipinski definition) is 9. The third kappa shape index (κ3) is 8.16. The second-order valence-electron chi connectivity index (χ2n) is 14.4. The fourth-order valence-corrected chi connectivity index (χ4v) is 6.01. The fraction of sp³-hybridized carbons (Fsp3) is 0.500. The number of benzene rings is 1. The number of nitrogens with zero attached hydrogens (tertiary/aromatic N) is 6. The molecule has 0 spiro atoms. The summed E-state index contributed by atoms with van der Waals surface area (Å²) in [5.74, 6) is 1.77. The molecule has 2 atom stereocenters. The summed E-state index contributed by atoms with van der Waals surface area (Å²) >= 11 is 0. The predicted molar refractivity (Wildman–Crippen MR) is 185 cm³/mol. The van der Waals surface area contributed by atoms with Crippen LogP contribution in [0.2, 0.25) is 0 Å². The van der Waals surface area contributed by atoms with Gasteiger partial charge in [-0.15, -0.1) is 10.2 Å². The van der Waals surface area contributed by atoms with Crippen molar-refractivity contribution in [3.63, 3.8) is 0 Å². The van der Waals surface area contributed by atoms with Crippen molar-refractivity contribution in [2.45, 2.75) is 83.3 Å². The van der Waals surface area contributed by atoms with Crippen LogP contribution in [-0.4, -0.2) is 75.6 Å². The molecule has 1 aromatic carbocycles. The number of ether oxygens (including phenoxy) is 2. The lowest BCUT2D eigenvalue weighted by Gasteiger charge is -2.32. The largest absolute Gasteiger partial charge is 0.484 e. The Morgan fingerprint density at radius 2 is 1.75 bits per heavy atom. The van der Waals surface area contributed by atoms with Crippen LogP contribution in [0.3, 0.4) is 0 Å². The van der Waals surface area contributed by atoms with Gasteiger partial charge < -0.3 is 19.7 Å². The zero-order valence-electron chi connectivity index (χ0n) is 29.3. The summed E-state index contributed by atoms with van der Waals surface area (Å²) in [7, 11) is 5.62. The molecule has 2 amide bonds. The van der Waals surface area contributed by atoms with Gasteiger partial charge in [-0.2, -0.15) is 0 Å². The average Bonchev–Trinajstić information content (AvgIpc) is 3.46. The van der Waals surface area contributed by atoms with E-state index in [9.17, 15) is 9.59 Å². The summed E-state index contributed by atoms with van der Waals surface area (Å²) in [6.45, 7) is 11.5. The molecule has 3 aromatic heterocycles. The first kappa shape index (κ1) is 34.9. The monoisotopic (exact) mass is 656 g/mol.